The van der Waals surface area contributed by atoms with E-state index >= 15 is 0 Å². The monoisotopic (exact) mass is 320 g/mol. The number of hydrogen-bond donors (Lipinski definition) is 3. The topological polar surface area (TPSA) is 115 Å². The maximum absolute atomic E-state index is 12.3. The fourth-order valence-electron chi connectivity index (χ4n) is 3.57. The molecule has 8 nitrogen and oxygen atoms in total. The van der Waals surface area contributed by atoms with E-state index in [1.54, 1.807) is 17.3 Å². The lowest BCUT2D eigenvalue weighted by Crippen LogP contribution is -2.56. The first-order chi connectivity index (χ1) is 11.0. The number of aryl methyl sites for hydroxylation is 1. The normalized spacial score (nSPS) is 23.0. The van der Waals surface area contributed by atoms with Crippen molar-refractivity contribution >= 4 is 17.8 Å². The standard InChI is InChI=1S/C15H20N4O4/c20-12-7-11(14(22)23)15(18-12)3-5-19(6-4-15)13(21)2-1-10-8-16-17-9-10/h8-9,11H,1-7H2,(H,16,17)(H,18,20)(H,22,23)/t11-/m0/s1. The van der Waals surface area contributed by atoms with Crippen LogP contribution in [0.5, 0.6) is 0 Å². The summed E-state index contributed by atoms with van der Waals surface area (Å²) in [7, 11) is 0. The third-order valence-corrected chi connectivity index (χ3v) is 4.93. The van der Waals surface area contributed by atoms with Gasteiger partial charge < -0.3 is 15.3 Å². The molecule has 1 atom stereocenters. The molecule has 8 heteroatoms. The minimum absolute atomic E-state index is 0.0315. The number of carboxylic acid groups (broad SMARTS) is 1. The van der Waals surface area contributed by atoms with Crippen LogP contribution in [0.1, 0.15) is 31.2 Å². The van der Waals surface area contributed by atoms with Crippen molar-refractivity contribution in [2.45, 2.75) is 37.6 Å². The Kier molecular flexibility index (Phi) is 4.06. The minimum atomic E-state index is -0.942. The van der Waals surface area contributed by atoms with E-state index < -0.39 is 17.4 Å². The quantitative estimate of drug-likeness (QED) is 0.718. The van der Waals surface area contributed by atoms with Crippen molar-refractivity contribution in [1.82, 2.24) is 20.4 Å². The zero-order valence-electron chi connectivity index (χ0n) is 12.7. The van der Waals surface area contributed by atoms with E-state index in [-0.39, 0.29) is 18.2 Å². The molecule has 2 aliphatic rings. The maximum atomic E-state index is 12.3. The molecule has 1 spiro atoms. The number of hydrogen-bond acceptors (Lipinski definition) is 4. The number of likely N-dealkylation sites (tertiary alicyclic amines) is 1. The molecule has 2 aliphatic heterocycles. The Morgan fingerprint density at radius 3 is 2.74 bits per heavy atom. The van der Waals surface area contributed by atoms with Gasteiger partial charge in [-0.25, -0.2) is 0 Å². The van der Waals surface area contributed by atoms with E-state index in [1.165, 1.54) is 0 Å². The van der Waals surface area contributed by atoms with Crippen LogP contribution >= 0.6 is 0 Å². The van der Waals surface area contributed by atoms with Crippen LogP contribution in [0.4, 0.5) is 0 Å². The summed E-state index contributed by atoms with van der Waals surface area (Å²) in [5.74, 6) is -1.80. The number of H-pyrrole nitrogens is 1. The Morgan fingerprint density at radius 1 is 1.39 bits per heavy atom. The third kappa shape index (κ3) is 3.06. The fourth-order valence-corrected chi connectivity index (χ4v) is 3.57. The molecule has 2 fully saturated rings. The van der Waals surface area contributed by atoms with Crippen LogP contribution in [0, 0.1) is 5.92 Å². The number of piperidine rings is 1. The van der Waals surface area contributed by atoms with Crippen LogP contribution in [0.25, 0.3) is 0 Å². The molecule has 0 bridgehead atoms. The minimum Gasteiger partial charge on any atom is -0.481 e. The number of carbonyl (C=O) groups is 3. The first-order valence-electron chi connectivity index (χ1n) is 7.79. The van der Waals surface area contributed by atoms with Crippen LogP contribution in [0.3, 0.4) is 0 Å². The maximum Gasteiger partial charge on any atom is 0.309 e. The summed E-state index contributed by atoms with van der Waals surface area (Å²) in [5.41, 5.74) is 0.297. The average molecular weight is 320 g/mol. The first-order valence-corrected chi connectivity index (χ1v) is 7.79. The van der Waals surface area contributed by atoms with Gasteiger partial charge in [0, 0.05) is 32.1 Å². The van der Waals surface area contributed by atoms with E-state index in [0.717, 1.165) is 5.56 Å². The Morgan fingerprint density at radius 2 is 2.13 bits per heavy atom. The molecule has 1 aromatic heterocycles. The van der Waals surface area contributed by atoms with Crippen molar-refractivity contribution in [3.63, 3.8) is 0 Å². The third-order valence-electron chi connectivity index (χ3n) is 4.93. The molecule has 3 N–H and O–H groups in total. The second-order valence-electron chi connectivity index (χ2n) is 6.29. The Labute approximate surface area is 133 Å². The highest BCUT2D eigenvalue weighted by molar-refractivity contribution is 5.88. The van der Waals surface area contributed by atoms with Gasteiger partial charge in [-0.05, 0) is 24.8 Å². The molecule has 1 aromatic rings. The Bertz CT molecular complexity index is 605. The van der Waals surface area contributed by atoms with Gasteiger partial charge in [-0.15, -0.1) is 0 Å². The van der Waals surface area contributed by atoms with E-state index in [1.807, 2.05) is 0 Å². The van der Waals surface area contributed by atoms with Crippen molar-refractivity contribution in [2.24, 2.45) is 5.92 Å². The van der Waals surface area contributed by atoms with Gasteiger partial charge in [0.2, 0.25) is 11.8 Å². The smallest absolute Gasteiger partial charge is 0.309 e. The number of aromatic amines is 1. The summed E-state index contributed by atoms with van der Waals surface area (Å²) in [6.07, 6.45) is 5.52. The predicted molar refractivity (Wildman–Crippen MR) is 79.3 cm³/mol. The molecule has 0 unspecified atom stereocenters. The molecular formula is C15H20N4O4. The van der Waals surface area contributed by atoms with Crippen molar-refractivity contribution in [1.29, 1.82) is 0 Å². The molecule has 0 aromatic carbocycles. The number of nitrogens with zero attached hydrogens (tertiary/aromatic N) is 2. The van der Waals surface area contributed by atoms with Crippen LogP contribution in [0.15, 0.2) is 12.4 Å². The molecule has 2 saturated heterocycles. The zero-order valence-corrected chi connectivity index (χ0v) is 12.7. The summed E-state index contributed by atoms with van der Waals surface area (Å²) in [6.45, 7) is 0.961. The van der Waals surface area contributed by atoms with Gasteiger partial charge in [-0.3, -0.25) is 19.5 Å². The Balaban J connectivity index is 1.56. The highest BCUT2D eigenvalue weighted by Crippen LogP contribution is 2.37. The van der Waals surface area contributed by atoms with Gasteiger partial charge in [-0.2, -0.15) is 5.10 Å². The highest BCUT2D eigenvalue weighted by Gasteiger charge is 2.51. The average Bonchev–Trinajstić information content (AvgIpc) is 3.14. The van der Waals surface area contributed by atoms with E-state index in [2.05, 4.69) is 15.5 Å². The van der Waals surface area contributed by atoms with Gasteiger partial charge in [-0.1, -0.05) is 0 Å². The Hall–Kier alpha value is -2.38. The molecule has 3 rings (SSSR count). The van der Waals surface area contributed by atoms with Crippen molar-refractivity contribution in [3.8, 4) is 0 Å². The molecule has 23 heavy (non-hydrogen) atoms. The number of aromatic nitrogens is 2. The summed E-state index contributed by atoms with van der Waals surface area (Å²) >= 11 is 0. The van der Waals surface area contributed by atoms with Gasteiger partial charge >= 0.3 is 5.97 Å². The second kappa shape index (κ2) is 6.02. The lowest BCUT2D eigenvalue weighted by molar-refractivity contribution is -0.145. The lowest BCUT2D eigenvalue weighted by Gasteiger charge is -2.41. The van der Waals surface area contributed by atoms with E-state index in [9.17, 15) is 19.5 Å². The summed E-state index contributed by atoms with van der Waals surface area (Å²) in [6, 6.07) is 0. The predicted octanol–water partition coefficient (Wildman–Crippen LogP) is -0.0758. The number of carbonyl (C=O) groups excluding carboxylic acids is 2. The van der Waals surface area contributed by atoms with E-state index in [0.29, 0.717) is 38.8 Å². The summed E-state index contributed by atoms with van der Waals surface area (Å²) in [5, 5.41) is 18.7. The molecule has 124 valence electrons. The number of amides is 2. The number of nitrogens with one attached hydrogen (secondary N) is 2. The largest absolute Gasteiger partial charge is 0.481 e. The van der Waals surface area contributed by atoms with Gasteiger partial charge in [0.15, 0.2) is 0 Å². The SMILES string of the molecule is O=C1C[C@@H](C(=O)O)C2(CCN(C(=O)CCc3cn[nH]c3)CC2)N1. The molecule has 2 amide bonds. The van der Waals surface area contributed by atoms with Crippen LogP contribution in [-0.4, -0.2) is 56.6 Å². The number of aliphatic carboxylic acids is 1. The highest BCUT2D eigenvalue weighted by atomic mass is 16.4. The van der Waals surface area contributed by atoms with Crippen molar-refractivity contribution in [2.75, 3.05) is 13.1 Å². The summed E-state index contributed by atoms with van der Waals surface area (Å²) < 4.78 is 0. The van der Waals surface area contributed by atoms with Crippen LogP contribution in [-0.2, 0) is 20.8 Å². The van der Waals surface area contributed by atoms with Gasteiger partial charge in [0.1, 0.15) is 0 Å². The number of rotatable bonds is 4. The molecule has 0 aliphatic carbocycles. The van der Waals surface area contributed by atoms with Gasteiger partial charge in [0.25, 0.3) is 0 Å². The molecule has 3 heterocycles. The van der Waals surface area contributed by atoms with Crippen LogP contribution < -0.4 is 5.32 Å². The second-order valence-corrected chi connectivity index (χ2v) is 6.29. The molecule has 0 radical (unpaired) electrons. The van der Waals surface area contributed by atoms with Crippen LogP contribution in [0.2, 0.25) is 0 Å². The number of carboxylic acids is 1. The fraction of sp³-hybridized carbons (Fsp3) is 0.600. The van der Waals surface area contributed by atoms with E-state index in [4.69, 9.17) is 0 Å². The van der Waals surface area contributed by atoms with Gasteiger partial charge in [0.05, 0.1) is 17.7 Å². The molecule has 0 saturated carbocycles. The zero-order chi connectivity index (χ0) is 16.4. The molecular weight excluding hydrogens is 300 g/mol. The van der Waals surface area contributed by atoms with Crippen molar-refractivity contribution < 1.29 is 19.5 Å². The summed E-state index contributed by atoms with van der Waals surface area (Å²) in [4.78, 5) is 37.0. The van der Waals surface area contributed by atoms with Crippen molar-refractivity contribution in [3.05, 3.63) is 18.0 Å². The first kappa shape index (κ1) is 15.5. The lowest BCUT2D eigenvalue weighted by atomic mass is 9.77.